The minimum atomic E-state index is -4.74. The molecule has 0 radical (unpaired) electrons. The van der Waals surface area contributed by atoms with Gasteiger partial charge < -0.3 is 4.74 Å². The zero-order valence-corrected chi connectivity index (χ0v) is 10.7. The molecule has 0 heterocycles. The number of rotatable bonds is 2. The smallest absolute Gasteiger partial charge is 0.406 e. The second-order valence-corrected chi connectivity index (χ2v) is 4.29. The van der Waals surface area contributed by atoms with Crippen LogP contribution in [0, 0.1) is 11.3 Å². The van der Waals surface area contributed by atoms with E-state index in [0.717, 1.165) is 0 Å². The lowest BCUT2D eigenvalue weighted by Gasteiger charge is -2.10. The molecule has 2 nitrogen and oxygen atoms in total. The number of benzene rings is 2. The summed E-state index contributed by atoms with van der Waals surface area (Å²) in [6.45, 7) is 0. The van der Waals surface area contributed by atoms with Crippen LogP contribution in [-0.2, 0) is 0 Å². The molecule has 6 heteroatoms. The second kappa shape index (κ2) is 5.43. The van der Waals surface area contributed by atoms with Crippen LogP contribution in [0.25, 0.3) is 11.1 Å². The van der Waals surface area contributed by atoms with E-state index in [1.807, 2.05) is 6.07 Å². The fourth-order valence-electron chi connectivity index (χ4n) is 1.66. The molecule has 102 valence electrons. The molecule has 0 saturated carbocycles. The monoisotopic (exact) mass is 297 g/mol. The number of nitriles is 1. The summed E-state index contributed by atoms with van der Waals surface area (Å²) in [6, 6.07) is 12.1. The van der Waals surface area contributed by atoms with Gasteiger partial charge in [0.05, 0.1) is 10.6 Å². The van der Waals surface area contributed by atoms with E-state index in [0.29, 0.717) is 16.1 Å². The van der Waals surface area contributed by atoms with E-state index in [1.165, 1.54) is 30.3 Å². The minimum Gasteiger partial charge on any atom is -0.406 e. The summed E-state index contributed by atoms with van der Waals surface area (Å²) in [6.07, 6.45) is -4.74. The SMILES string of the molecule is N#Cc1cc(-c2cccc(OC(F)(F)F)c2)ccc1Cl. The molecule has 0 aliphatic carbocycles. The van der Waals surface area contributed by atoms with E-state index in [9.17, 15) is 13.2 Å². The van der Waals surface area contributed by atoms with Gasteiger partial charge in [0.1, 0.15) is 11.8 Å². The topological polar surface area (TPSA) is 33.0 Å². The zero-order valence-electron chi connectivity index (χ0n) is 9.91. The number of hydrogen-bond donors (Lipinski definition) is 0. The van der Waals surface area contributed by atoms with Crippen molar-refractivity contribution in [3.05, 3.63) is 53.1 Å². The molecular formula is C14H7ClF3NO. The standard InChI is InChI=1S/C14H7ClF3NO/c15-13-5-4-10(6-11(13)8-19)9-2-1-3-12(7-9)20-14(16,17)18/h1-7H. The van der Waals surface area contributed by atoms with Crippen molar-refractivity contribution < 1.29 is 17.9 Å². The van der Waals surface area contributed by atoms with Gasteiger partial charge in [-0.2, -0.15) is 5.26 Å². The van der Waals surface area contributed by atoms with E-state index in [4.69, 9.17) is 16.9 Å². The summed E-state index contributed by atoms with van der Waals surface area (Å²) in [7, 11) is 0. The van der Waals surface area contributed by atoms with Gasteiger partial charge in [0.25, 0.3) is 0 Å². The molecule has 0 spiro atoms. The Balaban J connectivity index is 2.39. The number of halogens is 4. The van der Waals surface area contributed by atoms with E-state index < -0.39 is 6.36 Å². The van der Waals surface area contributed by atoms with Gasteiger partial charge in [0.15, 0.2) is 0 Å². The summed E-state index contributed by atoms with van der Waals surface area (Å²) < 4.78 is 40.3. The van der Waals surface area contributed by atoms with Crippen LogP contribution in [0.5, 0.6) is 5.75 Å². The Morgan fingerprint density at radius 3 is 2.40 bits per heavy atom. The molecule has 0 saturated heterocycles. The Kier molecular flexibility index (Phi) is 3.86. The maximum absolute atomic E-state index is 12.2. The summed E-state index contributed by atoms with van der Waals surface area (Å²) >= 11 is 5.81. The summed E-state index contributed by atoms with van der Waals surface area (Å²) in [5.41, 5.74) is 1.34. The fraction of sp³-hybridized carbons (Fsp3) is 0.0714. The van der Waals surface area contributed by atoms with Crippen molar-refractivity contribution in [1.29, 1.82) is 5.26 Å². The summed E-state index contributed by atoms with van der Waals surface area (Å²) in [4.78, 5) is 0. The first-order valence-corrected chi connectivity index (χ1v) is 5.83. The van der Waals surface area contributed by atoms with Crippen molar-refractivity contribution in [2.75, 3.05) is 0 Å². The first-order chi connectivity index (χ1) is 9.39. The molecule has 2 rings (SSSR count). The molecule has 0 amide bonds. The van der Waals surface area contributed by atoms with Crippen LogP contribution >= 0.6 is 11.6 Å². The van der Waals surface area contributed by atoms with Gasteiger partial charge in [-0.1, -0.05) is 29.8 Å². The van der Waals surface area contributed by atoms with Gasteiger partial charge in [-0.3, -0.25) is 0 Å². The Labute approximate surface area is 118 Å². The third-order valence-electron chi connectivity index (χ3n) is 2.49. The molecule has 2 aromatic rings. The van der Waals surface area contributed by atoms with Gasteiger partial charge in [-0.15, -0.1) is 13.2 Å². The molecule has 0 aliphatic heterocycles. The van der Waals surface area contributed by atoms with Crippen molar-refractivity contribution in [1.82, 2.24) is 0 Å². The number of ether oxygens (including phenoxy) is 1. The Morgan fingerprint density at radius 1 is 1.05 bits per heavy atom. The molecule has 0 fully saturated rings. The van der Waals surface area contributed by atoms with Crippen LogP contribution in [0.3, 0.4) is 0 Å². The highest BCUT2D eigenvalue weighted by atomic mass is 35.5. The van der Waals surface area contributed by atoms with Crippen LogP contribution < -0.4 is 4.74 Å². The first kappa shape index (κ1) is 14.2. The molecule has 0 bridgehead atoms. The second-order valence-electron chi connectivity index (χ2n) is 3.88. The molecular weight excluding hydrogens is 291 g/mol. The Morgan fingerprint density at radius 2 is 1.75 bits per heavy atom. The van der Waals surface area contributed by atoms with Crippen molar-refractivity contribution in [2.45, 2.75) is 6.36 Å². The molecule has 2 aromatic carbocycles. The molecule has 0 atom stereocenters. The van der Waals surface area contributed by atoms with Crippen molar-refractivity contribution >= 4 is 11.6 Å². The highest BCUT2D eigenvalue weighted by molar-refractivity contribution is 6.31. The van der Waals surface area contributed by atoms with E-state index in [-0.39, 0.29) is 11.3 Å². The third-order valence-corrected chi connectivity index (χ3v) is 2.82. The average molecular weight is 298 g/mol. The van der Waals surface area contributed by atoms with Crippen molar-refractivity contribution in [2.24, 2.45) is 0 Å². The molecule has 0 unspecified atom stereocenters. The van der Waals surface area contributed by atoms with Crippen LogP contribution in [0.4, 0.5) is 13.2 Å². The van der Waals surface area contributed by atoms with E-state index in [2.05, 4.69) is 4.74 Å². The van der Waals surface area contributed by atoms with Crippen molar-refractivity contribution in [3.8, 4) is 22.9 Å². The molecule has 20 heavy (non-hydrogen) atoms. The molecule has 0 aliphatic rings. The number of hydrogen-bond acceptors (Lipinski definition) is 2. The van der Waals surface area contributed by atoms with Crippen molar-refractivity contribution in [3.63, 3.8) is 0 Å². The largest absolute Gasteiger partial charge is 0.573 e. The van der Waals surface area contributed by atoms with Gasteiger partial charge in [-0.05, 0) is 35.4 Å². The van der Waals surface area contributed by atoms with Crippen LogP contribution in [-0.4, -0.2) is 6.36 Å². The number of nitrogens with zero attached hydrogens (tertiary/aromatic N) is 1. The van der Waals surface area contributed by atoms with Gasteiger partial charge in [0.2, 0.25) is 0 Å². The fourth-order valence-corrected chi connectivity index (χ4v) is 1.82. The lowest BCUT2D eigenvalue weighted by molar-refractivity contribution is -0.274. The average Bonchev–Trinajstić information content (AvgIpc) is 2.37. The maximum Gasteiger partial charge on any atom is 0.573 e. The minimum absolute atomic E-state index is 0.256. The van der Waals surface area contributed by atoms with Gasteiger partial charge in [0, 0.05) is 0 Å². The first-order valence-electron chi connectivity index (χ1n) is 5.45. The Bertz CT molecular complexity index is 677. The zero-order chi connectivity index (χ0) is 14.8. The maximum atomic E-state index is 12.2. The lowest BCUT2D eigenvalue weighted by atomic mass is 10.0. The van der Waals surface area contributed by atoms with Crippen LogP contribution in [0.1, 0.15) is 5.56 Å². The van der Waals surface area contributed by atoms with E-state index >= 15 is 0 Å². The Hall–Kier alpha value is -2.19. The quantitative estimate of drug-likeness (QED) is 0.799. The third kappa shape index (κ3) is 3.43. The van der Waals surface area contributed by atoms with Crippen LogP contribution in [0.15, 0.2) is 42.5 Å². The lowest BCUT2D eigenvalue weighted by Crippen LogP contribution is -2.17. The highest BCUT2D eigenvalue weighted by Crippen LogP contribution is 2.29. The van der Waals surface area contributed by atoms with Crippen LogP contribution in [0.2, 0.25) is 5.02 Å². The normalized spacial score (nSPS) is 10.9. The summed E-state index contributed by atoms with van der Waals surface area (Å²) in [5, 5.41) is 9.18. The highest BCUT2D eigenvalue weighted by Gasteiger charge is 2.31. The summed E-state index contributed by atoms with van der Waals surface area (Å²) in [5.74, 6) is -0.316. The predicted octanol–water partition coefficient (Wildman–Crippen LogP) is 4.78. The number of alkyl halides is 3. The van der Waals surface area contributed by atoms with Gasteiger partial charge >= 0.3 is 6.36 Å². The molecule has 0 aromatic heterocycles. The molecule has 0 N–H and O–H groups in total. The van der Waals surface area contributed by atoms with E-state index in [1.54, 1.807) is 12.1 Å². The van der Waals surface area contributed by atoms with Gasteiger partial charge in [-0.25, -0.2) is 0 Å². The predicted molar refractivity (Wildman–Crippen MR) is 68.3 cm³/mol.